The Balaban J connectivity index is 1.69. The lowest BCUT2D eigenvalue weighted by Gasteiger charge is -2.39. The molecule has 0 aromatic heterocycles. The molecule has 0 saturated carbocycles. The highest BCUT2D eigenvalue weighted by atomic mass is 35.5. The summed E-state index contributed by atoms with van der Waals surface area (Å²) in [5.74, 6) is 3.75. The molecule has 180 valence electrons. The molecule has 5 rings (SSSR count). The van der Waals surface area contributed by atoms with Crippen molar-refractivity contribution in [2.24, 2.45) is 0 Å². The van der Waals surface area contributed by atoms with E-state index < -0.39 is 7.29 Å². The van der Waals surface area contributed by atoms with Crippen molar-refractivity contribution in [2.45, 2.75) is 25.3 Å². The van der Waals surface area contributed by atoms with Crippen LogP contribution in [-0.2, 0) is 4.57 Å². The van der Waals surface area contributed by atoms with Crippen LogP contribution in [-0.4, -0.2) is 31.1 Å². The lowest BCUT2D eigenvalue weighted by molar-refractivity contribution is 0.237. The minimum Gasteiger partial charge on any atom is -0.312 e. The zero-order valence-corrected chi connectivity index (χ0v) is 22.3. The Morgan fingerprint density at radius 2 is 1.49 bits per heavy atom. The first-order chi connectivity index (χ1) is 16.9. The van der Waals surface area contributed by atoms with E-state index >= 15 is 4.57 Å². The third-order valence-electron chi connectivity index (χ3n) is 6.96. The summed E-state index contributed by atoms with van der Waals surface area (Å²) in [5, 5.41) is 0.931. The van der Waals surface area contributed by atoms with Gasteiger partial charge in [-0.15, -0.1) is 0 Å². The molecule has 1 saturated heterocycles. The van der Waals surface area contributed by atoms with Gasteiger partial charge in [0.25, 0.3) is 0 Å². The van der Waals surface area contributed by atoms with Crippen LogP contribution in [0.2, 0.25) is 0 Å². The fraction of sp³-hybridized carbons (Fsp3) is 0.241. The summed E-state index contributed by atoms with van der Waals surface area (Å²) in [6.45, 7) is 4.00. The number of piperidine rings is 1. The van der Waals surface area contributed by atoms with Gasteiger partial charge in [-0.05, 0) is 49.7 Å². The topological polar surface area (TPSA) is 23.6 Å². The summed E-state index contributed by atoms with van der Waals surface area (Å²) in [5.41, 5.74) is 5.16. The van der Waals surface area contributed by atoms with Crippen LogP contribution in [0.1, 0.15) is 34.6 Å². The first kappa shape index (κ1) is 24.4. The monoisotopic (exact) mass is 522 g/mol. The van der Waals surface area contributed by atoms with Gasteiger partial charge in [0, 0.05) is 35.8 Å². The van der Waals surface area contributed by atoms with Crippen molar-refractivity contribution in [1.82, 2.24) is 4.90 Å². The number of likely N-dealkylation sites (tertiary alicyclic amines) is 1. The van der Waals surface area contributed by atoms with E-state index in [1.807, 2.05) is 60.7 Å². The molecule has 0 spiro atoms. The largest absolute Gasteiger partial charge is 0.312 e. The second-order valence-electron chi connectivity index (χ2n) is 9.49. The first-order valence-corrected chi connectivity index (χ1v) is 14.5. The molecular weight excluding hydrogens is 494 g/mol. The van der Waals surface area contributed by atoms with E-state index in [2.05, 4.69) is 41.7 Å². The van der Waals surface area contributed by atoms with Gasteiger partial charge >= 0.3 is 0 Å². The predicted octanol–water partition coefficient (Wildman–Crippen LogP) is 8.36. The van der Waals surface area contributed by atoms with Crippen LogP contribution >= 0.6 is 30.5 Å². The molecule has 0 aliphatic carbocycles. The third-order valence-corrected chi connectivity index (χ3v) is 10.4. The maximum absolute atomic E-state index is 15.2. The van der Waals surface area contributed by atoms with E-state index in [-0.39, 0.29) is 12.0 Å². The van der Waals surface area contributed by atoms with Gasteiger partial charge in [-0.3, -0.25) is 4.57 Å². The molecule has 0 radical (unpaired) electrons. The minimum atomic E-state index is -3.34. The van der Waals surface area contributed by atoms with Gasteiger partial charge in [0.05, 0.1) is 10.1 Å². The van der Waals surface area contributed by atoms with Gasteiger partial charge in [-0.2, -0.15) is 0 Å². The summed E-state index contributed by atoms with van der Waals surface area (Å²) in [7, 11) is -1.18. The van der Waals surface area contributed by atoms with Crippen molar-refractivity contribution in [1.29, 1.82) is 0 Å². The molecule has 3 aromatic rings. The van der Waals surface area contributed by atoms with Crippen LogP contribution in [0.4, 0.5) is 5.69 Å². The molecule has 3 aromatic carbocycles. The molecule has 2 aliphatic heterocycles. The summed E-state index contributed by atoms with van der Waals surface area (Å²) < 4.78 is 17.3. The quantitative estimate of drug-likeness (QED) is 0.314. The lowest BCUT2D eigenvalue weighted by Crippen LogP contribution is -2.43. The third kappa shape index (κ3) is 4.88. The van der Waals surface area contributed by atoms with Crippen molar-refractivity contribution in [3.63, 3.8) is 0 Å². The highest BCUT2D eigenvalue weighted by Crippen LogP contribution is 2.65. The Morgan fingerprint density at radius 3 is 2.06 bits per heavy atom. The van der Waals surface area contributed by atoms with E-state index in [1.54, 1.807) is 11.6 Å². The van der Waals surface area contributed by atoms with Gasteiger partial charge in [0.1, 0.15) is 0 Å². The minimum absolute atomic E-state index is 0.113. The van der Waals surface area contributed by atoms with E-state index in [0.29, 0.717) is 10.1 Å². The Morgan fingerprint density at radius 1 is 0.914 bits per heavy atom. The molecule has 0 amide bonds. The lowest BCUT2D eigenvalue weighted by atomic mass is 9.89. The SMILES string of the molecule is Cc1ccc2c(c1)C1CN(C)CCC1N2P(=O)(/C=C(\Cl)c1ccccc1)/C=C(\Cl)c1ccccc1. The number of likely N-dealkylation sites (N-methyl/N-ethyl adjacent to an activating group) is 1. The van der Waals surface area contributed by atoms with E-state index in [4.69, 9.17) is 23.2 Å². The normalized spacial score (nSPS) is 21.1. The number of hydrogen-bond acceptors (Lipinski definition) is 2. The van der Waals surface area contributed by atoms with E-state index in [0.717, 1.165) is 36.3 Å². The van der Waals surface area contributed by atoms with Crippen LogP contribution in [0.5, 0.6) is 0 Å². The predicted molar refractivity (Wildman–Crippen MR) is 150 cm³/mol. The van der Waals surface area contributed by atoms with Crippen LogP contribution < -0.4 is 4.67 Å². The van der Waals surface area contributed by atoms with Crippen molar-refractivity contribution in [2.75, 3.05) is 24.8 Å². The van der Waals surface area contributed by atoms with Crippen molar-refractivity contribution in [3.05, 3.63) is 113 Å². The number of rotatable bonds is 5. The molecule has 2 aliphatic rings. The standard InChI is InChI=1S/C29H29Cl2N2OP/c1-21-13-14-28-24(17-21)25-18-32(2)16-15-29(25)33(28)35(34,19-26(30)22-9-5-3-6-10-22)20-27(31)23-11-7-4-8-12-23/h3-14,17,19-20,25,29H,15-16,18H2,1-2H3/b26-19-,27-20-. The number of anilines is 1. The second kappa shape index (κ2) is 9.99. The van der Waals surface area contributed by atoms with Crippen molar-refractivity contribution < 1.29 is 4.57 Å². The number of benzene rings is 3. The zero-order chi connectivity index (χ0) is 24.6. The molecule has 0 bridgehead atoms. The molecule has 0 N–H and O–H groups in total. The van der Waals surface area contributed by atoms with E-state index in [9.17, 15) is 0 Å². The summed E-state index contributed by atoms with van der Waals surface area (Å²) in [6.07, 6.45) is 0.923. The highest BCUT2D eigenvalue weighted by Gasteiger charge is 2.47. The van der Waals surface area contributed by atoms with Gasteiger partial charge in [0.15, 0.2) is 0 Å². The number of halogens is 2. The van der Waals surface area contributed by atoms with Crippen LogP contribution in [0, 0.1) is 6.92 Å². The summed E-state index contributed by atoms with van der Waals surface area (Å²) in [4.78, 5) is 2.36. The Hall–Kier alpha value is -2.29. The maximum Gasteiger partial charge on any atom is 0.218 e. The fourth-order valence-corrected chi connectivity index (χ4v) is 8.91. The van der Waals surface area contributed by atoms with Crippen LogP contribution in [0.25, 0.3) is 10.1 Å². The number of fused-ring (bicyclic) bond motifs is 3. The summed E-state index contributed by atoms with van der Waals surface area (Å²) >= 11 is 13.7. The van der Waals surface area contributed by atoms with E-state index in [1.165, 1.54) is 11.1 Å². The molecule has 35 heavy (non-hydrogen) atoms. The molecule has 2 atom stereocenters. The van der Waals surface area contributed by atoms with Gasteiger partial charge < -0.3 is 9.57 Å². The Labute approximate surface area is 218 Å². The molecule has 3 nitrogen and oxygen atoms in total. The summed E-state index contributed by atoms with van der Waals surface area (Å²) in [6, 6.07) is 26.0. The average Bonchev–Trinajstić information content (AvgIpc) is 3.18. The van der Waals surface area contributed by atoms with Gasteiger partial charge in [-0.1, -0.05) is 102 Å². The molecular formula is C29H29Cl2N2OP. The van der Waals surface area contributed by atoms with Crippen molar-refractivity contribution >= 4 is 46.2 Å². The smallest absolute Gasteiger partial charge is 0.218 e. The number of aryl methyl sites for hydroxylation is 1. The number of hydrogen-bond donors (Lipinski definition) is 0. The van der Waals surface area contributed by atoms with Crippen molar-refractivity contribution in [3.8, 4) is 0 Å². The molecule has 1 fully saturated rings. The fourth-order valence-electron chi connectivity index (χ4n) is 5.29. The molecule has 2 unspecified atom stereocenters. The average molecular weight is 523 g/mol. The molecule has 6 heteroatoms. The van der Waals surface area contributed by atoms with Crippen LogP contribution in [0.15, 0.2) is 90.5 Å². The number of nitrogens with zero attached hydrogens (tertiary/aromatic N) is 2. The zero-order valence-electron chi connectivity index (χ0n) is 19.9. The first-order valence-electron chi connectivity index (χ1n) is 11.9. The Kier molecular flexibility index (Phi) is 6.97. The Bertz CT molecular complexity index is 1260. The van der Waals surface area contributed by atoms with Crippen LogP contribution in [0.3, 0.4) is 0 Å². The highest BCUT2D eigenvalue weighted by molar-refractivity contribution is 7.72. The second-order valence-corrected chi connectivity index (χ2v) is 12.6. The molecule has 2 heterocycles. The van der Waals surface area contributed by atoms with Gasteiger partial charge in [0.2, 0.25) is 7.29 Å². The van der Waals surface area contributed by atoms with Gasteiger partial charge in [-0.25, -0.2) is 0 Å². The maximum atomic E-state index is 15.2.